The first-order chi connectivity index (χ1) is 8.82. The van der Waals surface area contributed by atoms with Crippen LogP contribution in [0.5, 0.6) is 0 Å². The van der Waals surface area contributed by atoms with Crippen molar-refractivity contribution in [3.8, 4) is 0 Å². The normalized spacial score (nSPS) is 30.5. The lowest BCUT2D eigenvalue weighted by Crippen LogP contribution is -2.48. The van der Waals surface area contributed by atoms with Crippen molar-refractivity contribution in [2.75, 3.05) is 7.05 Å². The van der Waals surface area contributed by atoms with Crippen LogP contribution in [0.4, 0.5) is 0 Å². The highest BCUT2D eigenvalue weighted by Crippen LogP contribution is 2.49. The minimum absolute atomic E-state index is 0.0873. The minimum Gasteiger partial charge on any atom is -0.308 e. The summed E-state index contributed by atoms with van der Waals surface area (Å²) in [6, 6.07) is 0. The summed E-state index contributed by atoms with van der Waals surface area (Å²) in [6.07, 6.45) is 4.77. The average Bonchev–Trinajstić information content (AvgIpc) is 2.68. The van der Waals surface area contributed by atoms with Gasteiger partial charge in [0, 0.05) is 4.88 Å². The van der Waals surface area contributed by atoms with E-state index in [1.165, 1.54) is 34.8 Å². The van der Waals surface area contributed by atoms with Crippen molar-refractivity contribution < 1.29 is 0 Å². The zero-order valence-electron chi connectivity index (χ0n) is 13.3. The van der Waals surface area contributed by atoms with E-state index in [1.807, 2.05) is 11.3 Å². The highest BCUT2D eigenvalue weighted by atomic mass is 32.1. The molecule has 1 aromatic heterocycles. The van der Waals surface area contributed by atoms with E-state index in [0.717, 1.165) is 12.3 Å². The van der Waals surface area contributed by atoms with E-state index < -0.39 is 0 Å². The maximum Gasteiger partial charge on any atom is 0.113 e. The molecule has 1 saturated carbocycles. The van der Waals surface area contributed by atoms with Crippen LogP contribution in [0.1, 0.15) is 62.5 Å². The molecule has 0 bridgehead atoms. The number of rotatable bonds is 3. The Morgan fingerprint density at radius 2 is 2.05 bits per heavy atom. The standard InChI is InChI=1S/C16H28N2S/c1-7-13-12(3)19-14(18-13)16(17-6)9-11(2)8-15(4,5)10-16/h11,17H,7-10H2,1-6H3. The quantitative estimate of drug-likeness (QED) is 0.894. The first-order valence-corrected chi connectivity index (χ1v) is 8.29. The van der Waals surface area contributed by atoms with Crippen molar-refractivity contribution in [3.63, 3.8) is 0 Å². The summed E-state index contributed by atoms with van der Waals surface area (Å²) >= 11 is 1.90. The van der Waals surface area contributed by atoms with Gasteiger partial charge in [0.15, 0.2) is 0 Å². The van der Waals surface area contributed by atoms with Gasteiger partial charge in [-0.25, -0.2) is 4.98 Å². The number of aryl methyl sites for hydroxylation is 2. The number of thiazole rings is 1. The van der Waals surface area contributed by atoms with Crippen LogP contribution in [-0.4, -0.2) is 12.0 Å². The van der Waals surface area contributed by atoms with Crippen molar-refractivity contribution in [3.05, 3.63) is 15.6 Å². The van der Waals surface area contributed by atoms with E-state index in [9.17, 15) is 0 Å². The topological polar surface area (TPSA) is 24.9 Å². The van der Waals surface area contributed by atoms with Crippen LogP contribution >= 0.6 is 11.3 Å². The third-order valence-corrected chi connectivity index (χ3v) is 5.71. The molecule has 2 rings (SSSR count). The first kappa shape index (κ1) is 15.0. The van der Waals surface area contributed by atoms with Gasteiger partial charge in [0.1, 0.15) is 5.01 Å². The van der Waals surface area contributed by atoms with Crippen molar-refractivity contribution >= 4 is 11.3 Å². The molecule has 0 saturated heterocycles. The predicted octanol–water partition coefficient (Wildman–Crippen LogP) is 4.27. The lowest BCUT2D eigenvalue weighted by molar-refractivity contribution is 0.0850. The van der Waals surface area contributed by atoms with Gasteiger partial charge < -0.3 is 5.32 Å². The fourth-order valence-electron chi connectivity index (χ4n) is 3.99. The van der Waals surface area contributed by atoms with E-state index in [2.05, 4.69) is 47.0 Å². The Kier molecular flexibility index (Phi) is 4.08. The molecule has 1 aliphatic carbocycles. The zero-order valence-corrected chi connectivity index (χ0v) is 14.1. The second-order valence-electron chi connectivity index (χ2n) is 7.06. The highest BCUT2D eigenvalue weighted by Gasteiger charge is 2.45. The third-order valence-electron chi connectivity index (χ3n) is 4.49. The van der Waals surface area contributed by atoms with Gasteiger partial charge in [-0.05, 0) is 51.0 Å². The van der Waals surface area contributed by atoms with Crippen molar-refractivity contribution in [1.29, 1.82) is 0 Å². The van der Waals surface area contributed by atoms with Gasteiger partial charge >= 0.3 is 0 Å². The van der Waals surface area contributed by atoms with Crippen molar-refractivity contribution in [2.24, 2.45) is 11.3 Å². The Labute approximate surface area is 122 Å². The Bertz CT molecular complexity index is 450. The molecule has 0 aliphatic heterocycles. The molecule has 108 valence electrons. The minimum atomic E-state index is 0.0873. The first-order valence-electron chi connectivity index (χ1n) is 7.47. The van der Waals surface area contributed by atoms with E-state index in [-0.39, 0.29) is 5.54 Å². The number of aromatic nitrogens is 1. The average molecular weight is 280 g/mol. The van der Waals surface area contributed by atoms with Crippen LogP contribution in [0.25, 0.3) is 0 Å². The van der Waals surface area contributed by atoms with Gasteiger partial charge in [-0.1, -0.05) is 27.7 Å². The molecule has 2 nitrogen and oxygen atoms in total. The maximum atomic E-state index is 4.95. The fourth-order valence-corrected chi connectivity index (χ4v) is 5.20. The molecule has 2 unspecified atom stereocenters. The summed E-state index contributed by atoms with van der Waals surface area (Å²) in [4.78, 5) is 6.34. The van der Waals surface area contributed by atoms with Crippen LogP contribution in [-0.2, 0) is 12.0 Å². The van der Waals surface area contributed by atoms with E-state index in [0.29, 0.717) is 5.41 Å². The summed E-state index contributed by atoms with van der Waals surface area (Å²) in [5, 5.41) is 4.94. The molecule has 19 heavy (non-hydrogen) atoms. The highest BCUT2D eigenvalue weighted by molar-refractivity contribution is 7.11. The molecule has 1 aliphatic rings. The molecule has 0 amide bonds. The second-order valence-corrected chi connectivity index (χ2v) is 8.27. The van der Waals surface area contributed by atoms with Crippen LogP contribution < -0.4 is 5.32 Å². The molecule has 0 aromatic carbocycles. The smallest absolute Gasteiger partial charge is 0.113 e. The summed E-state index contributed by atoms with van der Waals surface area (Å²) < 4.78 is 0. The molecule has 1 aromatic rings. The van der Waals surface area contributed by atoms with Gasteiger partial charge in [-0.3, -0.25) is 0 Å². The summed E-state index contributed by atoms with van der Waals surface area (Å²) in [5.41, 5.74) is 1.77. The molecule has 2 atom stereocenters. The lowest BCUT2D eigenvalue weighted by Gasteiger charge is -2.46. The number of hydrogen-bond donors (Lipinski definition) is 1. The zero-order chi connectivity index (χ0) is 14.3. The van der Waals surface area contributed by atoms with Gasteiger partial charge in [0.2, 0.25) is 0 Å². The molecule has 1 N–H and O–H groups in total. The monoisotopic (exact) mass is 280 g/mol. The van der Waals surface area contributed by atoms with Gasteiger partial charge in [0.05, 0.1) is 11.2 Å². The van der Waals surface area contributed by atoms with Crippen molar-refractivity contribution in [1.82, 2.24) is 10.3 Å². The third kappa shape index (κ3) is 2.87. The number of nitrogens with zero attached hydrogens (tertiary/aromatic N) is 1. The molecular weight excluding hydrogens is 252 g/mol. The molecule has 0 radical (unpaired) electrons. The van der Waals surface area contributed by atoms with Crippen LogP contribution in [0.15, 0.2) is 0 Å². The summed E-state index contributed by atoms with van der Waals surface area (Å²) in [5.74, 6) is 0.755. The SMILES string of the molecule is CCc1nc(C2(NC)CC(C)CC(C)(C)C2)sc1C. The van der Waals surface area contributed by atoms with E-state index >= 15 is 0 Å². The van der Waals surface area contributed by atoms with Crippen molar-refractivity contribution in [2.45, 2.75) is 65.8 Å². The number of nitrogens with one attached hydrogen (secondary N) is 1. The van der Waals surface area contributed by atoms with Crippen LogP contribution in [0.2, 0.25) is 0 Å². The Hall–Kier alpha value is -0.410. The van der Waals surface area contributed by atoms with Gasteiger partial charge in [0.25, 0.3) is 0 Å². The Morgan fingerprint density at radius 1 is 1.37 bits per heavy atom. The molecule has 3 heteroatoms. The molecule has 1 heterocycles. The summed E-state index contributed by atoms with van der Waals surface area (Å²) in [6.45, 7) is 11.6. The van der Waals surface area contributed by atoms with E-state index in [4.69, 9.17) is 4.98 Å². The maximum absolute atomic E-state index is 4.95. The summed E-state index contributed by atoms with van der Waals surface area (Å²) in [7, 11) is 2.11. The molecule has 1 fully saturated rings. The molecular formula is C16H28N2S. The number of hydrogen-bond acceptors (Lipinski definition) is 3. The van der Waals surface area contributed by atoms with Crippen LogP contribution in [0, 0.1) is 18.3 Å². The second kappa shape index (κ2) is 5.17. The molecule has 0 spiro atoms. The largest absolute Gasteiger partial charge is 0.308 e. The Morgan fingerprint density at radius 3 is 2.53 bits per heavy atom. The Balaban J connectivity index is 2.41. The van der Waals surface area contributed by atoms with Crippen LogP contribution in [0.3, 0.4) is 0 Å². The fraction of sp³-hybridized carbons (Fsp3) is 0.812. The van der Waals surface area contributed by atoms with Gasteiger partial charge in [-0.2, -0.15) is 0 Å². The van der Waals surface area contributed by atoms with Gasteiger partial charge in [-0.15, -0.1) is 11.3 Å². The lowest BCUT2D eigenvalue weighted by atomic mass is 9.64. The predicted molar refractivity (Wildman–Crippen MR) is 83.8 cm³/mol. The van der Waals surface area contributed by atoms with E-state index in [1.54, 1.807) is 0 Å².